The lowest BCUT2D eigenvalue weighted by atomic mass is 10.0. The molecule has 1 heterocycles. The number of nitrogens with zero attached hydrogens (tertiary/aromatic N) is 2. The Morgan fingerprint density at radius 2 is 1.48 bits per heavy atom. The zero-order valence-corrected chi connectivity index (χ0v) is 24.2. The maximum absolute atomic E-state index is 13.5. The highest BCUT2D eigenvalue weighted by Crippen LogP contribution is 2.10. The molecule has 0 aliphatic rings. The molecule has 14 nitrogen and oxygen atoms in total. The Labute approximate surface area is 245 Å². The van der Waals surface area contributed by atoms with E-state index in [2.05, 4.69) is 30.9 Å². The van der Waals surface area contributed by atoms with Crippen LogP contribution in [-0.4, -0.2) is 70.3 Å². The molecule has 0 saturated heterocycles. The summed E-state index contributed by atoms with van der Waals surface area (Å²) in [6, 6.07) is 5.34. The van der Waals surface area contributed by atoms with E-state index < -0.39 is 47.8 Å². The van der Waals surface area contributed by atoms with Gasteiger partial charge in [0, 0.05) is 24.9 Å². The van der Waals surface area contributed by atoms with Crippen molar-refractivity contribution in [2.45, 2.75) is 76.5 Å². The number of amides is 4. The third-order valence-corrected chi connectivity index (χ3v) is 6.52. The first-order chi connectivity index (χ1) is 20.0. The minimum absolute atomic E-state index is 0.0884. The predicted octanol–water partition coefficient (Wildman–Crippen LogP) is -1.05. The van der Waals surface area contributed by atoms with Gasteiger partial charge < -0.3 is 43.9 Å². The quantitative estimate of drug-likeness (QED) is 0.0608. The Morgan fingerprint density at radius 1 is 0.857 bits per heavy atom. The van der Waals surface area contributed by atoms with E-state index in [0.29, 0.717) is 25.0 Å². The van der Waals surface area contributed by atoms with Gasteiger partial charge in [-0.15, -0.1) is 0 Å². The summed E-state index contributed by atoms with van der Waals surface area (Å²) in [6.45, 7) is 4.22. The van der Waals surface area contributed by atoms with E-state index in [-0.39, 0.29) is 37.7 Å². The van der Waals surface area contributed by atoms with Crippen molar-refractivity contribution in [2.75, 3.05) is 6.54 Å². The molecule has 4 amide bonds. The fourth-order valence-corrected chi connectivity index (χ4v) is 4.16. The fourth-order valence-electron chi connectivity index (χ4n) is 4.16. The van der Waals surface area contributed by atoms with Gasteiger partial charge in [-0.05, 0) is 43.6 Å². The molecule has 0 spiro atoms. The Kier molecular flexibility index (Phi) is 14.0. The lowest BCUT2D eigenvalue weighted by Crippen LogP contribution is -2.58. The monoisotopic (exact) mass is 584 g/mol. The topological polar surface area (TPSA) is 249 Å². The highest BCUT2D eigenvalue weighted by atomic mass is 16.2. The number of nitrogens with one attached hydrogen (secondary N) is 4. The summed E-state index contributed by atoms with van der Waals surface area (Å²) in [4.78, 5) is 62.6. The number of hydrogen-bond acceptors (Lipinski definition) is 7. The molecule has 4 atom stereocenters. The van der Waals surface area contributed by atoms with Gasteiger partial charge in [-0.1, -0.05) is 44.2 Å². The van der Waals surface area contributed by atoms with Crippen LogP contribution in [0.1, 0.15) is 50.8 Å². The van der Waals surface area contributed by atoms with E-state index in [9.17, 15) is 19.2 Å². The van der Waals surface area contributed by atoms with Gasteiger partial charge in [-0.3, -0.25) is 24.2 Å². The molecule has 0 saturated carbocycles. The molecule has 14 heteroatoms. The maximum Gasteiger partial charge on any atom is 0.243 e. The summed E-state index contributed by atoms with van der Waals surface area (Å²) in [7, 11) is 0. The number of aromatic nitrogens is 2. The van der Waals surface area contributed by atoms with Crippen molar-refractivity contribution in [3.63, 3.8) is 0 Å². The molecule has 1 aromatic carbocycles. The van der Waals surface area contributed by atoms with Crippen molar-refractivity contribution in [1.82, 2.24) is 25.9 Å². The van der Waals surface area contributed by atoms with Gasteiger partial charge in [0.25, 0.3) is 0 Å². The van der Waals surface area contributed by atoms with E-state index in [4.69, 9.17) is 22.9 Å². The van der Waals surface area contributed by atoms with Crippen LogP contribution in [0.15, 0.2) is 47.8 Å². The van der Waals surface area contributed by atoms with Crippen molar-refractivity contribution in [3.8, 4) is 0 Å². The number of guanidine groups is 1. The third kappa shape index (κ3) is 12.4. The second-order valence-electron chi connectivity index (χ2n) is 10.6. The second-order valence-corrected chi connectivity index (χ2v) is 10.6. The molecule has 2 rings (SSSR count). The van der Waals surface area contributed by atoms with Crippen LogP contribution in [0, 0.1) is 5.92 Å². The van der Waals surface area contributed by atoms with E-state index in [1.54, 1.807) is 0 Å². The number of aromatic amines is 1. The summed E-state index contributed by atoms with van der Waals surface area (Å²) in [5.74, 6) is -2.25. The van der Waals surface area contributed by atoms with Crippen LogP contribution in [0.2, 0.25) is 0 Å². The number of hydrogen-bond donors (Lipinski definition) is 8. The summed E-state index contributed by atoms with van der Waals surface area (Å²) in [5.41, 5.74) is 24.0. The number of aliphatic imine (C=N–C) groups is 1. The number of carbonyl (C=O) groups excluding carboxylic acids is 4. The zero-order valence-electron chi connectivity index (χ0n) is 24.2. The SMILES string of the molecule is CC(C)CCC(NC(=O)C(CCCN=C(N)N)NC(=O)C(N)Cc1ccccc1)C(=O)NC(Cc1cnc[nH]1)C(N)=O. The Balaban J connectivity index is 2.16. The molecule has 1 aromatic heterocycles. The average molecular weight is 585 g/mol. The van der Waals surface area contributed by atoms with Crippen LogP contribution in [-0.2, 0) is 32.0 Å². The third-order valence-electron chi connectivity index (χ3n) is 6.52. The molecule has 0 bridgehead atoms. The molecule has 12 N–H and O–H groups in total. The van der Waals surface area contributed by atoms with E-state index in [1.165, 1.54) is 12.5 Å². The number of H-pyrrole nitrogens is 1. The summed E-state index contributed by atoms with van der Waals surface area (Å²) in [5, 5.41) is 8.12. The van der Waals surface area contributed by atoms with Crippen molar-refractivity contribution < 1.29 is 19.2 Å². The second kappa shape index (κ2) is 17.4. The smallest absolute Gasteiger partial charge is 0.243 e. The molecule has 2 aromatic rings. The number of primary amides is 1. The van der Waals surface area contributed by atoms with Gasteiger partial charge in [0.2, 0.25) is 23.6 Å². The van der Waals surface area contributed by atoms with Crippen molar-refractivity contribution in [2.24, 2.45) is 33.8 Å². The van der Waals surface area contributed by atoms with Gasteiger partial charge in [0.05, 0.1) is 12.4 Å². The standard InChI is InChI=1S/C28H44N10O4/c1-17(2)10-11-22(27(42)38-23(24(30)39)14-19-15-33-16-35-19)37-26(41)21(9-6-12-34-28(31)32)36-25(40)20(29)13-18-7-4-3-5-8-18/h3-5,7-8,15-17,20-23H,6,9-14,29H2,1-2H3,(H2,30,39)(H,33,35)(H,36,40)(H,37,41)(H,38,42)(H4,31,32,34). The van der Waals surface area contributed by atoms with Crippen LogP contribution in [0.5, 0.6) is 0 Å². The van der Waals surface area contributed by atoms with Crippen LogP contribution in [0.3, 0.4) is 0 Å². The number of rotatable bonds is 18. The Bertz CT molecular complexity index is 1170. The lowest BCUT2D eigenvalue weighted by Gasteiger charge is -2.26. The summed E-state index contributed by atoms with van der Waals surface area (Å²) in [6.07, 6.45) is 4.84. The first kappa shape index (κ1) is 33.7. The normalized spacial score (nSPS) is 13.8. The Morgan fingerprint density at radius 3 is 2.05 bits per heavy atom. The number of carbonyl (C=O) groups is 4. The van der Waals surface area contributed by atoms with Crippen LogP contribution in [0.25, 0.3) is 0 Å². The molecule has 42 heavy (non-hydrogen) atoms. The van der Waals surface area contributed by atoms with Crippen LogP contribution in [0.4, 0.5) is 0 Å². The maximum atomic E-state index is 13.5. The summed E-state index contributed by atoms with van der Waals surface area (Å²) >= 11 is 0. The van der Waals surface area contributed by atoms with Crippen LogP contribution < -0.4 is 38.9 Å². The van der Waals surface area contributed by atoms with Crippen molar-refractivity contribution in [3.05, 3.63) is 54.1 Å². The highest BCUT2D eigenvalue weighted by Gasteiger charge is 2.30. The fraction of sp³-hybridized carbons (Fsp3) is 0.500. The molecule has 0 aliphatic carbocycles. The van der Waals surface area contributed by atoms with Crippen molar-refractivity contribution in [1.29, 1.82) is 0 Å². The largest absolute Gasteiger partial charge is 0.370 e. The van der Waals surface area contributed by atoms with Gasteiger partial charge >= 0.3 is 0 Å². The minimum Gasteiger partial charge on any atom is -0.370 e. The number of nitrogens with two attached hydrogens (primary N) is 4. The first-order valence-electron chi connectivity index (χ1n) is 14.0. The van der Waals surface area contributed by atoms with Crippen molar-refractivity contribution >= 4 is 29.6 Å². The summed E-state index contributed by atoms with van der Waals surface area (Å²) < 4.78 is 0. The first-order valence-corrected chi connectivity index (χ1v) is 14.0. The molecule has 0 aliphatic heterocycles. The van der Waals surface area contributed by atoms with Gasteiger partial charge in [-0.25, -0.2) is 4.98 Å². The van der Waals surface area contributed by atoms with Gasteiger partial charge in [0.1, 0.15) is 18.1 Å². The number of imidazole rings is 1. The molecule has 0 radical (unpaired) electrons. The Hall–Kier alpha value is -4.46. The van der Waals surface area contributed by atoms with Gasteiger partial charge in [-0.2, -0.15) is 0 Å². The van der Waals surface area contributed by atoms with Gasteiger partial charge in [0.15, 0.2) is 5.96 Å². The van der Waals surface area contributed by atoms with E-state index in [0.717, 1.165) is 5.56 Å². The minimum atomic E-state index is -1.03. The highest BCUT2D eigenvalue weighted by molar-refractivity contribution is 5.94. The lowest BCUT2D eigenvalue weighted by molar-refractivity contribution is -0.133. The predicted molar refractivity (Wildman–Crippen MR) is 159 cm³/mol. The van der Waals surface area contributed by atoms with E-state index in [1.807, 2.05) is 44.2 Å². The molecule has 4 unspecified atom stereocenters. The molecular formula is C28H44N10O4. The molecule has 0 fully saturated rings. The zero-order chi connectivity index (χ0) is 31.1. The molecule has 230 valence electrons. The van der Waals surface area contributed by atoms with E-state index >= 15 is 0 Å². The number of benzene rings is 1. The molecular weight excluding hydrogens is 540 g/mol. The average Bonchev–Trinajstić information content (AvgIpc) is 3.45. The van der Waals surface area contributed by atoms with Crippen LogP contribution >= 0.6 is 0 Å².